The van der Waals surface area contributed by atoms with Crippen molar-refractivity contribution in [3.05, 3.63) is 58.3 Å². The van der Waals surface area contributed by atoms with Gasteiger partial charge in [-0.2, -0.15) is 0 Å². The van der Waals surface area contributed by atoms with E-state index < -0.39 is 0 Å². The average molecular weight is 312 g/mol. The Kier molecular flexibility index (Phi) is 4.34. The second-order valence-corrected chi connectivity index (χ2v) is 6.11. The van der Waals surface area contributed by atoms with Crippen molar-refractivity contribution in [2.75, 3.05) is 5.32 Å². The van der Waals surface area contributed by atoms with Crippen molar-refractivity contribution in [3.63, 3.8) is 0 Å². The van der Waals surface area contributed by atoms with Crippen LogP contribution in [0.5, 0.6) is 0 Å². The maximum absolute atomic E-state index is 12.2. The number of thiophene rings is 1. The molecule has 2 N–H and O–H groups in total. The third-order valence-electron chi connectivity index (χ3n) is 3.28. The molecule has 0 aliphatic heterocycles. The van der Waals surface area contributed by atoms with Crippen LogP contribution in [0.25, 0.3) is 6.08 Å². The number of carbonyl (C=O) groups excluding carboxylic acids is 2. The Bertz CT molecular complexity index is 703. The SMILES string of the molecule is O=C(/C=C/c1cccs1)Nc1ccccc1C(=O)NC1CC1. The van der Waals surface area contributed by atoms with Crippen LogP contribution in [0.15, 0.2) is 47.9 Å². The third-order valence-corrected chi connectivity index (χ3v) is 4.12. The molecule has 4 nitrogen and oxygen atoms in total. The third kappa shape index (κ3) is 3.83. The molecule has 0 atom stereocenters. The molecule has 1 saturated carbocycles. The molecule has 1 heterocycles. The summed E-state index contributed by atoms with van der Waals surface area (Å²) in [4.78, 5) is 25.2. The van der Waals surface area contributed by atoms with E-state index in [-0.39, 0.29) is 17.9 Å². The van der Waals surface area contributed by atoms with Gasteiger partial charge in [-0.1, -0.05) is 18.2 Å². The number of hydrogen-bond donors (Lipinski definition) is 2. The summed E-state index contributed by atoms with van der Waals surface area (Å²) in [6.45, 7) is 0. The molecule has 5 heteroatoms. The predicted octanol–water partition coefficient (Wildman–Crippen LogP) is 3.29. The normalized spacial score (nSPS) is 14.0. The Morgan fingerprint density at radius 2 is 1.95 bits per heavy atom. The molecule has 0 bridgehead atoms. The molecule has 1 fully saturated rings. The molecule has 0 radical (unpaired) electrons. The summed E-state index contributed by atoms with van der Waals surface area (Å²) in [5.41, 5.74) is 1.02. The van der Waals surface area contributed by atoms with E-state index >= 15 is 0 Å². The zero-order valence-electron chi connectivity index (χ0n) is 11.9. The minimum atomic E-state index is -0.250. The lowest BCUT2D eigenvalue weighted by molar-refractivity contribution is -0.111. The first-order valence-electron chi connectivity index (χ1n) is 7.15. The Labute approximate surface area is 132 Å². The van der Waals surface area contributed by atoms with Crippen molar-refractivity contribution in [1.82, 2.24) is 5.32 Å². The highest BCUT2D eigenvalue weighted by Crippen LogP contribution is 2.21. The van der Waals surface area contributed by atoms with Crippen LogP contribution in [0.1, 0.15) is 28.1 Å². The summed E-state index contributed by atoms with van der Waals surface area (Å²) < 4.78 is 0. The molecular formula is C17H16N2O2S. The van der Waals surface area contributed by atoms with Gasteiger partial charge < -0.3 is 10.6 Å². The van der Waals surface area contributed by atoms with Gasteiger partial charge in [-0.15, -0.1) is 11.3 Å². The molecule has 1 aromatic carbocycles. The molecule has 2 aromatic rings. The molecule has 1 aliphatic carbocycles. The van der Waals surface area contributed by atoms with Gasteiger partial charge in [0.1, 0.15) is 0 Å². The van der Waals surface area contributed by atoms with E-state index in [2.05, 4.69) is 10.6 Å². The zero-order chi connectivity index (χ0) is 15.4. The Hall–Kier alpha value is -2.40. The fourth-order valence-electron chi connectivity index (χ4n) is 2.00. The number of para-hydroxylation sites is 1. The van der Waals surface area contributed by atoms with E-state index in [0.29, 0.717) is 11.3 Å². The van der Waals surface area contributed by atoms with Crippen molar-refractivity contribution in [1.29, 1.82) is 0 Å². The number of hydrogen-bond acceptors (Lipinski definition) is 3. The summed E-state index contributed by atoms with van der Waals surface area (Å²) >= 11 is 1.56. The van der Waals surface area contributed by atoms with Gasteiger partial charge in [0.25, 0.3) is 5.91 Å². The van der Waals surface area contributed by atoms with Crippen LogP contribution in [0, 0.1) is 0 Å². The van der Waals surface area contributed by atoms with E-state index in [0.717, 1.165) is 17.7 Å². The Morgan fingerprint density at radius 3 is 2.68 bits per heavy atom. The van der Waals surface area contributed by atoms with Crippen LogP contribution in [0.4, 0.5) is 5.69 Å². The number of anilines is 1. The van der Waals surface area contributed by atoms with Crippen LogP contribution >= 0.6 is 11.3 Å². The van der Waals surface area contributed by atoms with Gasteiger partial charge in [-0.25, -0.2) is 0 Å². The Balaban J connectivity index is 1.68. The molecule has 0 spiro atoms. The molecule has 2 amide bonds. The molecule has 22 heavy (non-hydrogen) atoms. The predicted molar refractivity (Wildman–Crippen MR) is 88.9 cm³/mol. The highest BCUT2D eigenvalue weighted by atomic mass is 32.1. The van der Waals surface area contributed by atoms with E-state index in [1.54, 1.807) is 41.7 Å². The van der Waals surface area contributed by atoms with Crippen LogP contribution in [0.3, 0.4) is 0 Å². The Morgan fingerprint density at radius 1 is 1.14 bits per heavy atom. The van der Waals surface area contributed by atoms with Crippen molar-refractivity contribution in [2.24, 2.45) is 0 Å². The maximum atomic E-state index is 12.2. The summed E-state index contributed by atoms with van der Waals surface area (Å²) in [6, 6.07) is 11.2. The second-order valence-electron chi connectivity index (χ2n) is 5.13. The number of rotatable bonds is 5. The second kappa shape index (κ2) is 6.58. The van der Waals surface area contributed by atoms with Crippen molar-refractivity contribution >= 4 is 34.9 Å². The number of nitrogens with one attached hydrogen (secondary N) is 2. The van der Waals surface area contributed by atoms with Gasteiger partial charge >= 0.3 is 0 Å². The van der Waals surface area contributed by atoms with E-state index in [1.807, 2.05) is 17.5 Å². The topological polar surface area (TPSA) is 58.2 Å². The number of benzene rings is 1. The largest absolute Gasteiger partial charge is 0.349 e. The van der Waals surface area contributed by atoms with Gasteiger partial charge in [0.05, 0.1) is 11.3 Å². The standard InChI is InChI=1S/C17H16N2O2S/c20-16(10-9-13-4-3-11-22-13)19-15-6-2-1-5-14(15)17(21)18-12-7-8-12/h1-6,9-12H,7-8H2,(H,18,21)(H,19,20)/b10-9+. The first-order valence-corrected chi connectivity index (χ1v) is 8.03. The van der Waals surface area contributed by atoms with Crippen molar-refractivity contribution < 1.29 is 9.59 Å². The summed E-state index contributed by atoms with van der Waals surface area (Å²) in [7, 11) is 0. The highest BCUT2D eigenvalue weighted by molar-refractivity contribution is 7.10. The lowest BCUT2D eigenvalue weighted by Crippen LogP contribution is -2.26. The zero-order valence-corrected chi connectivity index (χ0v) is 12.7. The fourth-order valence-corrected chi connectivity index (χ4v) is 2.62. The maximum Gasteiger partial charge on any atom is 0.253 e. The van der Waals surface area contributed by atoms with E-state index in [1.165, 1.54) is 6.08 Å². The van der Waals surface area contributed by atoms with Crippen LogP contribution < -0.4 is 10.6 Å². The molecule has 0 saturated heterocycles. The number of carbonyl (C=O) groups is 2. The van der Waals surface area contributed by atoms with Gasteiger partial charge in [0, 0.05) is 17.0 Å². The molecule has 3 rings (SSSR count). The van der Waals surface area contributed by atoms with Gasteiger partial charge in [0.15, 0.2) is 0 Å². The number of amides is 2. The first-order chi connectivity index (χ1) is 10.7. The molecule has 1 aromatic heterocycles. The molecule has 0 unspecified atom stereocenters. The quantitative estimate of drug-likeness (QED) is 0.832. The lowest BCUT2D eigenvalue weighted by atomic mass is 10.1. The van der Waals surface area contributed by atoms with Gasteiger partial charge in [-0.05, 0) is 42.5 Å². The summed E-state index contributed by atoms with van der Waals surface area (Å²) in [5, 5.41) is 7.65. The molecule has 1 aliphatic rings. The molecular weight excluding hydrogens is 296 g/mol. The van der Waals surface area contributed by atoms with Gasteiger partial charge in [0.2, 0.25) is 5.91 Å². The smallest absolute Gasteiger partial charge is 0.253 e. The van der Waals surface area contributed by atoms with E-state index in [9.17, 15) is 9.59 Å². The highest BCUT2D eigenvalue weighted by Gasteiger charge is 2.24. The molecule has 112 valence electrons. The van der Waals surface area contributed by atoms with Gasteiger partial charge in [-0.3, -0.25) is 9.59 Å². The van der Waals surface area contributed by atoms with E-state index in [4.69, 9.17) is 0 Å². The van der Waals surface area contributed by atoms with Crippen LogP contribution in [-0.2, 0) is 4.79 Å². The van der Waals surface area contributed by atoms with Crippen LogP contribution in [0.2, 0.25) is 0 Å². The summed E-state index contributed by atoms with van der Waals surface area (Å²) in [6.07, 6.45) is 5.29. The fraction of sp³-hybridized carbons (Fsp3) is 0.176. The van der Waals surface area contributed by atoms with Crippen LogP contribution in [-0.4, -0.2) is 17.9 Å². The summed E-state index contributed by atoms with van der Waals surface area (Å²) in [5.74, 6) is -0.388. The minimum Gasteiger partial charge on any atom is -0.349 e. The minimum absolute atomic E-state index is 0.138. The monoisotopic (exact) mass is 312 g/mol. The van der Waals surface area contributed by atoms with Crippen molar-refractivity contribution in [2.45, 2.75) is 18.9 Å². The average Bonchev–Trinajstić information content (AvgIpc) is 3.17. The lowest BCUT2D eigenvalue weighted by Gasteiger charge is -2.09. The first kappa shape index (κ1) is 14.5. The van der Waals surface area contributed by atoms with Crippen molar-refractivity contribution in [3.8, 4) is 0 Å².